The lowest BCUT2D eigenvalue weighted by Crippen LogP contribution is -2.31. The molecule has 100 valence electrons. The summed E-state index contributed by atoms with van der Waals surface area (Å²) in [4.78, 5) is 0. The maximum Gasteiger partial charge on any atom is 0.129 e. The second-order valence-corrected chi connectivity index (χ2v) is 5.38. The average molecular weight is 324 g/mol. The van der Waals surface area contributed by atoms with Gasteiger partial charge in [-0.2, -0.15) is 0 Å². The molecule has 0 spiro atoms. The second kappa shape index (κ2) is 6.28. The highest BCUT2D eigenvalue weighted by atomic mass is 79.9. The van der Waals surface area contributed by atoms with Crippen molar-refractivity contribution in [3.63, 3.8) is 0 Å². The number of rotatable bonds is 4. The maximum atomic E-state index is 13.7. The molecule has 0 fully saturated rings. The van der Waals surface area contributed by atoms with Crippen LogP contribution in [0.15, 0.2) is 53.0 Å². The Morgan fingerprint density at radius 2 is 1.84 bits per heavy atom. The van der Waals surface area contributed by atoms with Gasteiger partial charge < -0.3 is 10.8 Å². The lowest BCUT2D eigenvalue weighted by Gasteiger charge is -2.20. The molecule has 2 atom stereocenters. The molecule has 3 N–H and O–H groups in total. The van der Waals surface area contributed by atoms with Gasteiger partial charge in [0.1, 0.15) is 5.82 Å². The van der Waals surface area contributed by atoms with E-state index in [-0.39, 0.29) is 5.56 Å². The van der Waals surface area contributed by atoms with Gasteiger partial charge in [-0.25, -0.2) is 4.39 Å². The van der Waals surface area contributed by atoms with E-state index >= 15 is 0 Å². The highest BCUT2D eigenvalue weighted by Crippen LogP contribution is 2.24. The van der Waals surface area contributed by atoms with Crippen LogP contribution in [0.4, 0.5) is 4.39 Å². The summed E-state index contributed by atoms with van der Waals surface area (Å²) in [7, 11) is 0. The zero-order chi connectivity index (χ0) is 13.8. The Morgan fingerprint density at radius 3 is 2.53 bits per heavy atom. The van der Waals surface area contributed by atoms with Crippen molar-refractivity contribution in [2.45, 2.75) is 18.6 Å². The van der Waals surface area contributed by atoms with Gasteiger partial charge in [-0.3, -0.25) is 0 Å². The first-order valence-electron chi connectivity index (χ1n) is 6.00. The van der Waals surface area contributed by atoms with Gasteiger partial charge in [0.25, 0.3) is 0 Å². The molecule has 2 unspecified atom stereocenters. The lowest BCUT2D eigenvalue weighted by molar-refractivity contribution is 0.142. The van der Waals surface area contributed by atoms with Crippen molar-refractivity contribution in [2.24, 2.45) is 5.73 Å². The van der Waals surface area contributed by atoms with E-state index in [0.717, 1.165) is 10.0 Å². The first kappa shape index (κ1) is 14.2. The van der Waals surface area contributed by atoms with Gasteiger partial charge in [0.15, 0.2) is 0 Å². The number of halogens is 2. The smallest absolute Gasteiger partial charge is 0.129 e. The Morgan fingerprint density at radius 1 is 1.16 bits per heavy atom. The summed E-state index contributed by atoms with van der Waals surface area (Å²) >= 11 is 3.26. The van der Waals surface area contributed by atoms with Crippen LogP contribution < -0.4 is 5.73 Å². The Balaban J connectivity index is 2.14. The molecule has 4 heteroatoms. The van der Waals surface area contributed by atoms with E-state index in [1.165, 1.54) is 6.07 Å². The van der Waals surface area contributed by atoms with Gasteiger partial charge in [-0.1, -0.05) is 46.3 Å². The fraction of sp³-hybridized carbons (Fsp3) is 0.200. The van der Waals surface area contributed by atoms with Crippen molar-refractivity contribution in [3.05, 3.63) is 69.9 Å². The van der Waals surface area contributed by atoms with Gasteiger partial charge in [0.05, 0.1) is 6.10 Å². The molecule has 2 nitrogen and oxygen atoms in total. The van der Waals surface area contributed by atoms with Crippen LogP contribution in [-0.4, -0.2) is 11.1 Å². The van der Waals surface area contributed by atoms with Gasteiger partial charge in [0.2, 0.25) is 0 Å². The predicted molar refractivity (Wildman–Crippen MR) is 77.2 cm³/mol. The quantitative estimate of drug-likeness (QED) is 0.907. The zero-order valence-corrected chi connectivity index (χ0v) is 11.8. The van der Waals surface area contributed by atoms with Crippen molar-refractivity contribution in [2.75, 3.05) is 0 Å². The van der Waals surface area contributed by atoms with Crippen molar-refractivity contribution < 1.29 is 9.50 Å². The highest BCUT2D eigenvalue weighted by molar-refractivity contribution is 9.10. The number of hydrogen-bond acceptors (Lipinski definition) is 2. The third-order valence-electron chi connectivity index (χ3n) is 3.00. The van der Waals surface area contributed by atoms with Crippen LogP contribution in [0.25, 0.3) is 0 Å². The molecule has 0 bridgehead atoms. The van der Waals surface area contributed by atoms with E-state index in [9.17, 15) is 9.50 Å². The fourth-order valence-corrected chi connectivity index (χ4v) is 2.35. The number of aliphatic hydroxyl groups excluding tert-OH is 1. The summed E-state index contributed by atoms with van der Waals surface area (Å²) in [5, 5.41) is 10.2. The SMILES string of the molecule is NC(Cc1ccccc1)C(O)c1cc(Br)ccc1F. The minimum atomic E-state index is -1.03. The number of benzene rings is 2. The molecule has 0 heterocycles. The Kier molecular flexibility index (Phi) is 4.69. The normalized spacial score (nSPS) is 14.1. The van der Waals surface area contributed by atoms with E-state index in [4.69, 9.17) is 5.73 Å². The molecule has 0 aliphatic heterocycles. The van der Waals surface area contributed by atoms with E-state index in [1.54, 1.807) is 12.1 Å². The Labute approximate surface area is 120 Å². The van der Waals surface area contributed by atoms with Gasteiger partial charge >= 0.3 is 0 Å². The lowest BCUT2D eigenvalue weighted by atomic mass is 9.96. The van der Waals surface area contributed by atoms with E-state index in [0.29, 0.717) is 6.42 Å². The standard InChI is InChI=1S/C15H15BrFNO/c16-11-6-7-13(17)12(9-11)15(19)14(18)8-10-4-2-1-3-5-10/h1-7,9,14-15,19H,8,18H2. The second-order valence-electron chi connectivity index (χ2n) is 4.46. The summed E-state index contributed by atoms with van der Waals surface area (Å²) in [6.45, 7) is 0. The molecule has 0 aromatic heterocycles. The van der Waals surface area contributed by atoms with E-state index in [1.807, 2.05) is 30.3 Å². The Hall–Kier alpha value is -1.23. The average Bonchev–Trinajstić information content (AvgIpc) is 2.42. The first-order chi connectivity index (χ1) is 9.08. The minimum Gasteiger partial charge on any atom is -0.387 e. The first-order valence-corrected chi connectivity index (χ1v) is 6.80. The molecule has 2 rings (SSSR count). The molecule has 0 aliphatic carbocycles. The third kappa shape index (κ3) is 3.62. The van der Waals surface area contributed by atoms with Gasteiger partial charge in [-0.05, 0) is 30.2 Å². The van der Waals surface area contributed by atoms with E-state index < -0.39 is 18.0 Å². The fourth-order valence-electron chi connectivity index (χ4n) is 1.97. The van der Waals surface area contributed by atoms with Crippen LogP contribution in [0.3, 0.4) is 0 Å². The molecule has 0 radical (unpaired) electrons. The van der Waals surface area contributed by atoms with Crippen LogP contribution in [0.2, 0.25) is 0 Å². The van der Waals surface area contributed by atoms with E-state index in [2.05, 4.69) is 15.9 Å². The Bertz CT molecular complexity index is 547. The number of nitrogens with two attached hydrogens (primary N) is 1. The summed E-state index contributed by atoms with van der Waals surface area (Å²) in [6.07, 6.45) is -0.536. The summed E-state index contributed by atoms with van der Waals surface area (Å²) in [5.74, 6) is -0.445. The van der Waals surface area contributed by atoms with Crippen LogP contribution in [-0.2, 0) is 6.42 Å². The molecular formula is C15H15BrFNO. The molecule has 0 saturated carbocycles. The minimum absolute atomic E-state index is 0.220. The van der Waals surface area contributed by atoms with Crippen molar-refractivity contribution in [1.29, 1.82) is 0 Å². The predicted octanol–water partition coefficient (Wildman–Crippen LogP) is 3.19. The van der Waals surface area contributed by atoms with Crippen molar-refractivity contribution in [3.8, 4) is 0 Å². The molecule has 0 saturated heterocycles. The topological polar surface area (TPSA) is 46.2 Å². The monoisotopic (exact) mass is 323 g/mol. The molecule has 2 aromatic carbocycles. The highest BCUT2D eigenvalue weighted by Gasteiger charge is 2.20. The molecule has 0 aliphatic rings. The van der Waals surface area contributed by atoms with Crippen LogP contribution in [0.5, 0.6) is 0 Å². The van der Waals surface area contributed by atoms with Gasteiger partial charge in [-0.15, -0.1) is 0 Å². The number of aliphatic hydroxyl groups is 1. The molecule has 2 aromatic rings. The number of hydrogen-bond donors (Lipinski definition) is 2. The maximum absolute atomic E-state index is 13.7. The molecule has 0 amide bonds. The van der Waals surface area contributed by atoms with Crippen LogP contribution >= 0.6 is 15.9 Å². The van der Waals surface area contributed by atoms with Crippen molar-refractivity contribution in [1.82, 2.24) is 0 Å². The largest absolute Gasteiger partial charge is 0.387 e. The molecular weight excluding hydrogens is 309 g/mol. The van der Waals surface area contributed by atoms with Gasteiger partial charge in [0, 0.05) is 16.1 Å². The van der Waals surface area contributed by atoms with Crippen LogP contribution in [0.1, 0.15) is 17.2 Å². The third-order valence-corrected chi connectivity index (χ3v) is 3.49. The summed E-state index contributed by atoms with van der Waals surface area (Å²) in [6, 6.07) is 13.5. The van der Waals surface area contributed by atoms with Crippen LogP contribution in [0, 0.1) is 5.82 Å². The summed E-state index contributed by atoms with van der Waals surface area (Å²) in [5.41, 5.74) is 7.21. The molecule has 19 heavy (non-hydrogen) atoms. The zero-order valence-electron chi connectivity index (χ0n) is 10.3. The van der Waals surface area contributed by atoms with Crippen molar-refractivity contribution >= 4 is 15.9 Å². The summed E-state index contributed by atoms with van der Waals surface area (Å²) < 4.78 is 14.4.